The number of rotatable bonds is 5. The van der Waals surface area contributed by atoms with Crippen LogP contribution in [0.15, 0.2) is 6.20 Å². The Hall–Kier alpha value is -0.140. The van der Waals surface area contributed by atoms with Crippen molar-refractivity contribution in [3.8, 4) is 0 Å². The molecule has 1 aromatic rings. The summed E-state index contributed by atoms with van der Waals surface area (Å²) in [6, 6.07) is 0.217. The van der Waals surface area contributed by atoms with Gasteiger partial charge in [-0.25, -0.2) is 4.98 Å². The van der Waals surface area contributed by atoms with Crippen molar-refractivity contribution in [2.24, 2.45) is 0 Å². The normalized spacial score (nSPS) is 12.5. The Bertz CT molecular complexity index is 324. The maximum absolute atomic E-state index is 8.87. The summed E-state index contributed by atoms with van der Waals surface area (Å²) >= 11 is 7.85. The van der Waals surface area contributed by atoms with Gasteiger partial charge in [-0.3, -0.25) is 0 Å². The first-order valence-corrected chi connectivity index (χ1v) is 6.18. The smallest absolute Gasteiger partial charge is 0.224 e. The van der Waals surface area contributed by atoms with Crippen LogP contribution in [0.1, 0.15) is 19.8 Å². The molecule has 0 amide bonds. The van der Waals surface area contributed by atoms with Gasteiger partial charge in [0, 0.05) is 18.8 Å². The van der Waals surface area contributed by atoms with Gasteiger partial charge in [0.1, 0.15) is 5.82 Å². The fourth-order valence-corrected chi connectivity index (χ4v) is 1.72. The third-order valence-electron chi connectivity index (χ3n) is 2.03. The highest BCUT2D eigenvalue weighted by molar-refractivity contribution is 14.1. The molecule has 1 heterocycles. The van der Waals surface area contributed by atoms with Gasteiger partial charge in [0.15, 0.2) is 0 Å². The van der Waals surface area contributed by atoms with Crippen molar-refractivity contribution in [1.82, 2.24) is 9.97 Å². The standard InChI is InChI=1S/C9H13ClIN3O/c1-2-6(3-4-15)13-8-7(11)5-12-9(10)14-8/h5-6,15H,2-4H2,1H3,(H,12,13,14). The Morgan fingerprint density at radius 3 is 3.00 bits per heavy atom. The largest absolute Gasteiger partial charge is 0.396 e. The van der Waals surface area contributed by atoms with E-state index in [1.54, 1.807) is 6.20 Å². The van der Waals surface area contributed by atoms with Gasteiger partial charge in [0.2, 0.25) is 5.28 Å². The lowest BCUT2D eigenvalue weighted by Crippen LogP contribution is -2.21. The van der Waals surface area contributed by atoms with Crippen LogP contribution in [0, 0.1) is 3.57 Å². The zero-order chi connectivity index (χ0) is 11.3. The minimum Gasteiger partial charge on any atom is -0.396 e. The number of anilines is 1. The van der Waals surface area contributed by atoms with E-state index >= 15 is 0 Å². The Morgan fingerprint density at radius 1 is 1.67 bits per heavy atom. The first kappa shape index (κ1) is 12.9. The minimum absolute atomic E-state index is 0.168. The zero-order valence-electron chi connectivity index (χ0n) is 8.37. The number of nitrogens with zero attached hydrogens (tertiary/aromatic N) is 2. The molecule has 0 radical (unpaired) electrons. The minimum atomic E-state index is 0.168. The molecule has 0 saturated heterocycles. The third-order valence-corrected chi connectivity index (χ3v) is 3.00. The van der Waals surface area contributed by atoms with E-state index in [0.29, 0.717) is 6.42 Å². The van der Waals surface area contributed by atoms with Gasteiger partial charge >= 0.3 is 0 Å². The zero-order valence-corrected chi connectivity index (χ0v) is 11.3. The molecule has 4 nitrogen and oxygen atoms in total. The molecule has 0 aliphatic carbocycles. The van der Waals surface area contributed by atoms with E-state index in [2.05, 4.69) is 44.8 Å². The van der Waals surface area contributed by atoms with Crippen LogP contribution in [0.2, 0.25) is 5.28 Å². The highest BCUT2D eigenvalue weighted by Gasteiger charge is 2.09. The highest BCUT2D eigenvalue weighted by Crippen LogP contribution is 2.18. The number of hydrogen-bond donors (Lipinski definition) is 2. The topological polar surface area (TPSA) is 58.0 Å². The maximum atomic E-state index is 8.87. The highest BCUT2D eigenvalue weighted by atomic mass is 127. The summed E-state index contributed by atoms with van der Waals surface area (Å²) < 4.78 is 0.924. The summed E-state index contributed by atoms with van der Waals surface area (Å²) in [4.78, 5) is 7.97. The number of aliphatic hydroxyl groups excluding tert-OH is 1. The predicted molar refractivity (Wildman–Crippen MR) is 69.2 cm³/mol. The van der Waals surface area contributed by atoms with Gasteiger partial charge in [-0.1, -0.05) is 6.92 Å². The van der Waals surface area contributed by atoms with Gasteiger partial charge < -0.3 is 10.4 Å². The lowest BCUT2D eigenvalue weighted by Gasteiger charge is -2.17. The summed E-state index contributed by atoms with van der Waals surface area (Å²) in [5, 5.41) is 12.3. The molecular weight excluding hydrogens is 328 g/mol. The Labute approximate surface area is 108 Å². The van der Waals surface area contributed by atoms with Crippen molar-refractivity contribution in [2.75, 3.05) is 11.9 Å². The molecule has 1 aromatic heterocycles. The van der Waals surface area contributed by atoms with Gasteiger partial charge in [0.05, 0.1) is 3.57 Å². The Kier molecular flexibility index (Phi) is 5.55. The summed E-state index contributed by atoms with van der Waals surface area (Å²) in [6.07, 6.45) is 3.30. The molecule has 2 N–H and O–H groups in total. The van der Waals surface area contributed by atoms with Crippen LogP contribution in [-0.2, 0) is 0 Å². The summed E-state index contributed by atoms with van der Waals surface area (Å²) in [7, 11) is 0. The number of halogens is 2. The van der Waals surface area contributed by atoms with E-state index in [-0.39, 0.29) is 17.9 Å². The molecule has 1 unspecified atom stereocenters. The van der Waals surface area contributed by atoms with Gasteiger partial charge in [-0.15, -0.1) is 0 Å². The molecule has 1 rings (SSSR count). The van der Waals surface area contributed by atoms with E-state index in [1.807, 2.05) is 0 Å². The second kappa shape index (κ2) is 6.44. The summed E-state index contributed by atoms with van der Waals surface area (Å²) in [6.45, 7) is 2.23. The Balaban J connectivity index is 2.73. The van der Waals surface area contributed by atoms with E-state index in [4.69, 9.17) is 16.7 Å². The molecular formula is C9H13ClIN3O. The summed E-state index contributed by atoms with van der Waals surface area (Å²) in [5.74, 6) is 0.732. The molecule has 0 saturated carbocycles. The van der Waals surface area contributed by atoms with Crippen LogP contribution in [0.5, 0.6) is 0 Å². The van der Waals surface area contributed by atoms with Crippen LogP contribution in [-0.4, -0.2) is 27.7 Å². The predicted octanol–water partition coefficient (Wildman–Crippen LogP) is 2.31. The fraction of sp³-hybridized carbons (Fsp3) is 0.556. The van der Waals surface area contributed by atoms with Crippen molar-refractivity contribution in [3.63, 3.8) is 0 Å². The molecule has 15 heavy (non-hydrogen) atoms. The van der Waals surface area contributed by atoms with E-state index in [1.165, 1.54) is 0 Å². The van der Waals surface area contributed by atoms with E-state index in [9.17, 15) is 0 Å². The molecule has 6 heteroatoms. The van der Waals surface area contributed by atoms with E-state index in [0.717, 1.165) is 15.8 Å². The van der Waals surface area contributed by atoms with Crippen molar-refractivity contribution in [2.45, 2.75) is 25.8 Å². The average Bonchev–Trinajstić information content (AvgIpc) is 2.22. The third kappa shape index (κ3) is 4.08. The van der Waals surface area contributed by atoms with Crippen LogP contribution >= 0.6 is 34.2 Å². The van der Waals surface area contributed by atoms with Gasteiger partial charge in [0.25, 0.3) is 0 Å². The molecule has 0 aliphatic rings. The molecule has 0 aliphatic heterocycles. The van der Waals surface area contributed by atoms with Crippen LogP contribution in [0.3, 0.4) is 0 Å². The second-order valence-corrected chi connectivity index (χ2v) is 4.60. The second-order valence-electron chi connectivity index (χ2n) is 3.10. The van der Waals surface area contributed by atoms with Crippen molar-refractivity contribution >= 4 is 40.0 Å². The number of aromatic nitrogens is 2. The lowest BCUT2D eigenvalue weighted by atomic mass is 10.1. The van der Waals surface area contributed by atoms with Crippen molar-refractivity contribution < 1.29 is 5.11 Å². The van der Waals surface area contributed by atoms with E-state index < -0.39 is 0 Å². The molecule has 84 valence electrons. The molecule has 0 spiro atoms. The quantitative estimate of drug-likeness (QED) is 0.637. The molecule has 1 atom stereocenters. The van der Waals surface area contributed by atoms with Gasteiger partial charge in [-0.2, -0.15) is 4.98 Å². The first-order valence-electron chi connectivity index (χ1n) is 4.72. The average molecular weight is 342 g/mol. The van der Waals surface area contributed by atoms with Crippen molar-refractivity contribution in [1.29, 1.82) is 0 Å². The number of aliphatic hydroxyl groups is 1. The van der Waals surface area contributed by atoms with Crippen LogP contribution < -0.4 is 5.32 Å². The number of hydrogen-bond acceptors (Lipinski definition) is 4. The maximum Gasteiger partial charge on any atom is 0.224 e. The van der Waals surface area contributed by atoms with Crippen molar-refractivity contribution in [3.05, 3.63) is 15.1 Å². The molecule has 0 aromatic carbocycles. The molecule has 0 bridgehead atoms. The number of nitrogens with one attached hydrogen (secondary N) is 1. The molecule has 0 fully saturated rings. The monoisotopic (exact) mass is 341 g/mol. The fourth-order valence-electron chi connectivity index (χ4n) is 1.17. The lowest BCUT2D eigenvalue weighted by molar-refractivity contribution is 0.278. The van der Waals surface area contributed by atoms with Gasteiger partial charge in [-0.05, 0) is 47.0 Å². The summed E-state index contributed by atoms with van der Waals surface area (Å²) in [5.41, 5.74) is 0. The Morgan fingerprint density at radius 2 is 2.40 bits per heavy atom. The van der Waals surface area contributed by atoms with Crippen LogP contribution in [0.4, 0.5) is 5.82 Å². The van der Waals surface area contributed by atoms with Crippen LogP contribution in [0.25, 0.3) is 0 Å². The first-order chi connectivity index (χ1) is 7.17. The SMILES string of the molecule is CCC(CCO)Nc1nc(Cl)ncc1I.